The van der Waals surface area contributed by atoms with Gasteiger partial charge in [0.25, 0.3) is 0 Å². The van der Waals surface area contributed by atoms with E-state index in [0.717, 1.165) is 5.56 Å². The van der Waals surface area contributed by atoms with E-state index >= 15 is 0 Å². The molecule has 1 aromatic heterocycles. The molecule has 3 nitrogen and oxygen atoms in total. The van der Waals surface area contributed by atoms with Crippen LogP contribution in [0.1, 0.15) is 12.5 Å². The van der Waals surface area contributed by atoms with Crippen molar-refractivity contribution in [3.05, 3.63) is 18.0 Å². The third-order valence-corrected chi connectivity index (χ3v) is 1.36. The third-order valence-electron chi connectivity index (χ3n) is 1.36. The molecule has 0 aliphatic heterocycles. The zero-order chi connectivity index (χ0) is 8.27. The van der Waals surface area contributed by atoms with Crippen LogP contribution in [0.4, 0.5) is 4.39 Å². The van der Waals surface area contributed by atoms with Crippen molar-refractivity contribution in [2.24, 2.45) is 5.73 Å². The highest BCUT2D eigenvalue weighted by Gasteiger charge is 2.00. The van der Waals surface area contributed by atoms with E-state index in [1.807, 2.05) is 0 Å². The fraction of sp³-hybridized carbons (Fsp3) is 0.571. The first-order chi connectivity index (χ1) is 5.22. The molecule has 0 saturated carbocycles. The first kappa shape index (κ1) is 8.20. The summed E-state index contributed by atoms with van der Waals surface area (Å²) in [5.41, 5.74) is 6.28. The van der Waals surface area contributed by atoms with Gasteiger partial charge in [0.05, 0.1) is 12.7 Å². The van der Waals surface area contributed by atoms with Crippen LogP contribution in [0.15, 0.2) is 12.4 Å². The van der Waals surface area contributed by atoms with Gasteiger partial charge in [-0.3, -0.25) is 4.68 Å². The average molecular weight is 157 g/mol. The number of alkyl halides is 1. The van der Waals surface area contributed by atoms with Gasteiger partial charge >= 0.3 is 0 Å². The van der Waals surface area contributed by atoms with Crippen LogP contribution >= 0.6 is 0 Å². The summed E-state index contributed by atoms with van der Waals surface area (Å²) in [6.07, 6.45) is 2.55. The zero-order valence-corrected chi connectivity index (χ0v) is 6.50. The summed E-state index contributed by atoms with van der Waals surface area (Å²) < 4.78 is 14.0. The summed E-state index contributed by atoms with van der Waals surface area (Å²) in [5.74, 6) is 0. The van der Waals surface area contributed by atoms with Gasteiger partial charge in [0.15, 0.2) is 0 Å². The first-order valence-electron chi connectivity index (χ1n) is 3.58. The van der Waals surface area contributed by atoms with Crippen molar-refractivity contribution in [2.45, 2.75) is 26.2 Å². The first-order valence-corrected chi connectivity index (χ1v) is 3.58. The molecule has 0 fully saturated rings. The van der Waals surface area contributed by atoms with Crippen molar-refractivity contribution in [3.63, 3.8) is 0 Å². The number of hydrogen-bond donors (Lipinski definition) is 1. The molecular weight excluding hydrogens is 145 g/mol. The Labute approximate surface area is 65.0 Å². The Morgan fingerprint density at radius 3 is 3.00 bits per heavy atom. The van der Waals surface area contributed by atoms with E-state index < -0.39 is 6.17 Å². The van der Waals surface area contributed by atoms with Crippen LogP contribution in [0.2, 0.25) is 0 Å². The van der Waals surface area contributed by atoms with E-state index in [-0.39, 0.29) is 0 Å². The van der Waals surface area contributed by atoms with Crippen LogP contribution in [0.25, 0.3) is 0 Å². The fourth-order valence-corrected chi connectivity index (χ4v) is 0.869. The number of nitrogens with two attached hydrogens (primary N) is 1. The van der Waals surface area contributed by atoms with Crippen LogP contribution < -0.4 is 5.73 Å². The minimum Gasteiger partial charge on any atom is -0.326 e. The Bertz CT molecular complexity index is 219. The molecule has 0 spiro atoms. The Hall–Kier alpha value is -0.900. The lowest BCUT2D eigenvalue weighted by Gasteiger charge is -1.99. The fourth-order valence-electron chi connectivity index (χ4n) is 0.869. The maximum atomic E-state index is 12.4. The Morgan fingerprint density at radius 1 is 1.82 bits per heavy atom. The van der Waals surface area contributed by atoms with Gasteiger partial charge in [-0.05, 0) is 6.92 Å². The van der Waals surface area contributed by atoms with Gasteiger partial charge in [0.2, 0.25) is 0 Å². The van der Waals surface area contributed by atoms with E-state index in [9.17, 15) is 4.39 Å². The molecule has 0 radical (unpaired) electrons. The molecule has 2 N–H and O–H groups in total. The zero-order valence-electron chi connectivity index (χ0n) is 6.50. The van der Waals surface area contributed by atoms with Crippen LogP contribution in [-0.2, 0) is 13.1 Å². The molecule has 0 bridgehead atoms. The van der Waals surface area contributed by atoms with Crippen LogP contribution in [0.3, 0.4) is 0 Å². The summed E-state index contributed by atoms with van der Waals surface area (Å²) in [6, 6.07) is 0. The molecule has 0 aliphatic rings. The molecular formula is C7H12FN3. The average Bonchev–Trinajstić information content (AvgIpc) is 2.34. The summed E-state index contributed by atoms with van der Waals surface area (Å²) in [6.45, 7) is 2.27. The van der Waals surface area contributed by atoms with Crippen molar-refractivity contribution in [2.75, 3.05) is 0 Å². The number of aromatic nitrogens is 2. The molecule has 11 heavy (non-hydrogen) atoms. The lowest BCUT2D eigenvalue weighted by Crippen LogP contribution is -2.07. The second-order valence-corrected chi connectivity index (χ2v) is 2.56. The highest BCUT2D eigenvalue weighted by Crippen LogP contribution is 1.98. The molecule has 0 amide bonds. The molecule has 1 rings (SSSR count). The monoisotopic (exact) mass is 157 g/mol. The second-order valence-electron chi connectivity index (χ2n) is 2.56. The number of rotatable bonds is 3. The lowest BCUT2D eigenvalue weighted by atomic mass is 10.4. The lowest BCUT2D eigenvalue weighted by molar-refractivity contribution is 0.309. The van der Waals surface area contributed by atoms with Crippen molar-refractivity contribution >= 4 is 0 Å². The largest absolute Gasteiger partial charge is 0.326 e. The summed E-state index contributed by atoms with van der Waals surface area (Å²) in [4.78, 5) is 0. The Kier molecular flexibility index (Phi) is 2.59. The maximum Gasteiger partial charge on any atom is 0.117 e. The van der Waals surface area contributed by atoms with Crippen LogP contribution in [-0.4, -0.2) is 16.0 Å². The van der Waals surface area contributed by atoms with Crippen LogP contribution in [0, 0.1) is 0 Å². The topological polar surface area (TPSA) is 43.8 Å². The smallest absolute Gasteiger partial charge is 0.117 e. The molecule has 0 saturated heterocycles. The van der Waals surface area contributed by atoms with Gasteiger partial charge in [0.1, 0.15) is 6.17 Å². The normalized spacial score (nSPS) is 13.4. The molecule has 62 valence electrons. The molecule has 1 heterocycles. The number of halogens is 1. The van der Waals surface area contributed by atoms with Gasteiger partial charge in [-0.2, -0.15) is 5.10 Å². The minimum absolute atomic E-state index is 0.306. The van der Waals surface area contributed by atoms with Gasteiger partial charge < -0.3 is 5.73 Å². The van der Waals surface area contributed by atoms with E-state index in [2.05, 4.69) is 5.10 Å². The number of hydrogen-bond acceptors (Lipinski definition) is 2. The van der Waals surface area contributed by atoms with E-state index in [4.69, 9.17) is 5.73 Å². The minimum atomic E-state index is -0.861. The van der Waals surface area contributed by atoms with Gasteiger partial charge in [-0.15, -0.1) is 0 Å². The summed E-state index contributed by atoms with van der Waals surface area (Å²) in [5, 5.41) is 3.92. The molecule has 1 aromatic rings. The maximum absolute atomic E-state index is 12.4. The van der Waals surface area contributed by atoms with E-state index in [1.54, 1.807) is 17.1 Å². The Morgan fingerprint density at radius 2 is 2.55 bits per heavy atom. The molecule has 1 unspecified atom stereocenters. The Balaban J connectivity index is 2.58. The SMILES string of the molecule is CC(F)Cn1cc(CN)cn1. The quantitative estimate of drug-likeness (QED) is 0.701. The van der Waals surface area contributed by atoms with E-state index in [1.165, 1.54) is 6.92 Å². The molecule has 4 heteroatoms. The van der Waals surface area contributed by atoms with Gasteiger partial charge in [0, 0.05) is 18.3 Å². The second kappa shape index (κ2) is 3.48. The van der Waals surface area contributed by atoms with Crippen molar-refractivity contribution < 1.29 is 4.39 Å². The summed E-state index contributed by atoms with van der Waals surface area (Å²) >= 11 is 0. The molecule has 0 aliphatic carbocycles. The van der Waals surface area contributed by atoms with Crippen LogP contribution in [0.5, 0.6) is 0 Å². The van der Waals surface area contributed by atoms with Gasteiger partial charge in [-0.1, -0.05) is 0 Å². The molecule has 1 atom stereocenters. The standard InChI is InChI=1S/C7H12FN3/c1-6(8)4-11-5-7(2-9)3-10-11/h3,5-6H,2,4,9H2,1H3. The predicted octanol–water partition coefficient (Wildman–Crippen LogP) is 0.700. The molecule has 0 aromatic carbocycles. The highest BCUT2D eigenvalue weighted by molar-refractivity contribution is 5.02. The van der Waals surface area contributed by atoms with Gasteiger partial charge in [-0.25, -0.2) is 4.39 Å². The van der Waals surface area contributed by atoms with Crippen molar-refractivity contribution in [1.29, 1.82) is 0 Å². The predicted molar refractivity (Wildman–Crippen MR) is 40.7 cm³/mol. The number of nitrogens with zero attached hydrogens (tertiary/aromatic N) is 2. The highest BCUT2D eigenvalue weighted by atomic mass is 19.1. The van der Waals surface area contributed by atoms with Crippen molar-refractivity contribution in [3.8, 4) is 0 Å². The third kappa shape index (κ3) is 2.31. The van der Waals surface area contributed by atoms with E-state index in [0.29, 0.717) is 13.1 Å². The summed E-state index contributed by atoms with van der Waals surface area (Å²) in [7, 11) is 0. The van der Waals surface area contributed by atoms with Crippen molar-refractivity contribution in [1.82, 2.24) is 9.78 Å².